The first-order valence-electron chi connectivity index (χ1n) is 14.3. The van der Waals surface area contributed by atoms with Crippen LogP contribution in [0.4, 0.5) is 5.69 Å². The van der Waals surface area contributed by atoms with Gasteiger partial charge in [0.15, 0.2) is 34.5 Å². The summed E-state index contributed by atoms with van der Waals surface area (Å²) >= 11 is 0. The van der Waals surface area contributed by atoms with E-state index in [0.717, 1.165) is 11.3 Å². The smallest absolute Gasteiger partial charge is 0.235 e. The van der Waals surface area contributed by atoms with E-state index in [1.807, 2.05) is 50.2 Å². The lowest BCUT2D eigenvalue weighted by atomic mass is 9.42. The van der Waals surface area contributed by atoms with Crippen molar-refractivity contribution >= 4 is 34.7 Å². The average Bonchev–Trinajstić information content (AvgIpc) is 2.92. The zero-order valence-corrected chi connectivity index (χ0v) is 25.3. The van der Waals surface area contributed by atoms with Crippen LogP contribution < -0.4 is 22.1 Å². The number of primary amides is 1. The van der Waals surface area contributed by atoms with E-state index in [2.05, 4.69) is 0 Å². The number of ketones is 4. The lowest BCUT2D eigenvalue weighted by molar-refractivity contribution is -0.166. The highest BCUT2D eigenvalue weighted by Gasteiger charge is 2.78. The van der Waals surface area contributed by atoms with E-state index >= 15 is 0 Å². The van der Waals surface area contributed by atoms with Crippen LogP contribution in [-0.2, 0) is 32.0 Å². The number of benzene rings is 2. The topological polar surface area (TPSA) is 214 Å². The summed E-state index contributed by atoms with van der Waals surface area (Å²) in [5.74, 6) is -9.84. The summed E-state index contributed by atoms with van der Waals surface area (Å²) in [6.07, 6.45) is -0.230. The average molecular weight is 601 g/mol. The summed E-state index contributed by atoms with van der Waals surface area (Å²) in [6, 6.07) is 9.62. The van der Waals surface area contributed by atoms with E-state index in [4.69, 9.17) is 17.2 Å². The van der Waals surface area contributed by atoms with Gasteiger partial charge in [-0.3, -0.25) is 28.9 Å². The number of nitrogens with zero attached hydrogens (tertiary/aromatic N) is 3. The van der Waals surface area contributed by atoms with E-state index in [1.54, 1.807) is 12.1 Å². The predicted molar refractivity (Wildman–Crippen MR) is 160 cm³/mol. The summed E-state index contributed by atoms with van der Waals surface area (Å²) in [7, 11) is 6.74. The first-order chi connectivity index (χ1) is 20.5. The number of phenols is 1. The third-order valence-electron chi connectivity index (χ3n) is 9.75. The Morgan fingerprint density at radius 2 is 1.68 bits per heavy atom. The molecule has 5 rings (SSSR count). The molecule has 0 spiro atoms. The third-order valence-corrected chi connectivity index (χ3v) is 9.75. The number of anilines is 1. The number of hydrogen-bond donors (Lipinski definition) is 4. The Morgan fingerprint density at radius 1 is 1.07 bits per heavy atom. The fourth-order valence-electron chi connectivity index (χ4n) is 7.80. The van der Waals surface area contributed by atoms with Crippen LogP contribution in [0.3, 0.4) is 0 Å². The van der Waals surface area contributed by atoms with E-state index in [1.165, 1.54) is 19.0 Å². The molecule has 2 unspecified atom stereocenters. The number of nitriles is 1. The lowest BCUT2D eigenvalue weighted by Crippen LogP contribution is -2.85. The maximum absolute atomic E-state index is 14.6. The summed E-state index contributed by atoms with van der Waals surface area (Å²) in [5, 5.41) is 21.9. The SMILES string of the molecule is CCc1cc(-c2ccc(N(C)C)cc2)c2c(c1O)C(=O)C1C(=O)[C@]3(C#N)C(=O)C(C(N)=O)C(=O)[C@@H](N(C)C)[C@]3(N)C[C@]1(N)C2. The van der Waals surface area contributed by atoms with Gasteiger partial charge in [-0.2, -0.15) is 5.26 Å². The van der Waals surface area contributed by atoms with Crippen LogP contribution >= 0.6 is 0 Å². The van der Waals surface area contributed by atoms with Gasteiger partial charge in [0.25, 0.3) is 0 Å². The first-order valence-corrected chi connectivity index (χ1v) is 14.3. The Hall–Kier alpha value is -4.44. The molecule has 2 aromatic rings. The van der Waals surface area contributed by atoms with Gasteiger partial charge in [-0.25, -0.2) is 0 Å². The number of nitrogens with two attached hydrogens (primary N) is 3. The first kappa shape index (κ1) is 31.0. The highest BCUT2D eigenvalue weighted by Crippen LogP contribution is 2.57. The van der Waals surface area contributed by atoms with Gasteiger partial charge in [0.05, 0.1) is 23.2 Å². The monoisotopic (exact) mass is 600 g/mol. The summed E-state index contributed by atoms with van der Waals surface area (Å²) in [4.78, 5) is 72.1. The zero-order valence-electron chi connectivity index (χ0n) is 25.3. The maximum Gasteiger partial charge on any atom is 0.235 e. The fraction of sp³-hybridized carbons (Fsp3) is 0.438. The molecule has 3 aliphatic carbocycles. The molecule has 230 valence electrons. The Balaban J connectivity index is 1.78. The van der Waals surface area contributed by atoms with Crippen LogP contribution in [0.1, 0.15) is 34.8 Å². The molecule has 7 N–H and O–H groups in total. The number of likely N-dealkylation sites (N-methyl/N-ethyl adjacent to an activating group) is 1. The van der Waals surface area contributed by atoms with Crippen LogP contribution in [0.5, 0.6) is 5.75 Å². The minimum absolute atomic E-state index is 0.108. The van der Waals surface area contributed by atoms with Gasteiger partial charge in [0, 0.05) is 25.3 Å². The Kier molecular flexibility index (Phi) is 7.08. The van der Waals surface area contributed by atoms with Crippen LogP contribution in [0.2, 0.25) is 0 Å². The zero-order chi connectivity index (χ0) is 32.7. The van der Waals surface area contributed by atoms with Crippen LogP contribution in [0.15, 0.2) is 30.3 Å². The second-order valence-corrected chi connectivity index (χ2v) is 12.7. The molecule has 0 radical (unpaired) electrons. The predicted octanol–water partition coefficient (Wildman–Crippen LogP) is 0.104. The second-order valence-electron chi connectivity index (χ2n) is 12.7. The molecule has 2 saturated carbocycles. The van der Waals surface area contributed by atoms with Crippen molar-refractivity contribution < 1.29 is 29.1 Å². The molecule has 0 saturated heterocycles. The summed E-state index contributed by atoms with van der Waals surface area (Å²) < 4.78 is 0. The van der Waals surface area contributed by atoms with Crippen LogP contribution in [-0.4, -0.2) is 84.4 Å². The number of fused-ring (bicyclic) bond motifs is 3. The largest absolute Gasteiger partial charge is 0.507 e. The minimum Gasteiger partial charge on any atom is -0.507 e. The molecule has 0 bridgehead atoms. The number of aromatic hydroxyl groups is 1. The summed E-state index contributed by atoms with van der Waals surface area (Å²) in [5.41, 5.74) is 15.7. The van der Waals surface area contributed by atoms with Crippen molar-refractivity contribution in [1.82, 2.24) is 4.90 Å². The van der Waals surface area contributed by atoms with Crippen molar-refractivity contribution in [2.45, 2.75) is 43.3 Å². The van der Waals surface area contributed by atoms with Crippen molar-refractivity contribution in [2.75, 3.05) is 33.1 Å². The fourth-order valence-corrected chi connectivity index (χ4v) is 7.80. The van der Waals surface area contributed by atoms with E-state index in [-0.39, 0.29) is 17.7 Å². The molecule has 12 nitrogen and oxygen atoms in total. The van der Waals surface area contributed by atoms with Crippen molar-refractivity contribution in [3.8, 4) is 22.9 Å². The van der Waals surface area contributed by atoms with Crippen LogP contribution in [0.25, 0.3) is 11.1 Å². The Bertz CT molecular complexity index is 1690. The van der Waals surface area contributed by atoms with Gasteiger partial charge in [-0.1, -0.05) is 19.1 Å². The van der Waals surface area contributed by atoms with Crippen molar-refractivity contribution in [1.29, 1.82) is 5.26 Å². The van der Waals surface area contributed by atoms with Gasteiger partial charge < -0.3 is 27.2 Å². The molecule has 2 aromatic carbocycles. The normalized spacial score (nSPS) is 31.2. The molecule has 0 aromatic heterocycles. The standard InChI is InChI=1S/C32H36N6O6/c1-6-15-11-18(16-7-9-17(10-8-16)37(2)3)19-12-30(35)13-32(36)26(38(4)5)25(41)21(29(34)44)27(42)31(32,14-33)28(43)22(30)24(40)20(19)23(15)39/h7-11,21-22,26,39H,6,12-13,35-36H2,1-5H3,(H2,34,44)/t21?,22?,26-,30-,31+,32-/m1/s1. The number of Topliss-reactive ketones (excluding diaryl/α,β-unsaturated/α-hetero) is 4. The minimum atomic E-state index is -2.78. The molecule has 3 aliphatic rings. The molecule has 0 aliphatic heterocycles. The van der Waals surface area contributed by atoms with E-state index in [9.17, 15) is 34.3 Å². The third kappa shape index (κ3) is 3.83. The van der Waals surface area contributed by atoms with Crippen LogP contribution in [0, 0.1) is 28.6 Å². The van der Waals surface area contributed by atoms with E-state index in [0.29, 0.717) is 23.1 Å². The molecule has 1 amide bonds. The van der Waals surface area contributed by atoms with Gasteiger partial charge >= 0.3 is 0 Å². The number of rotatable bonds is 5. The molecule has 0 heterocycles. The summed E-state index contributed by atoms with van der Waals surface area (Å²) in [6.45, 7) is 1.81. The van der Waals surface area contributed by atoms with Crippen molar-refractivity contribution in [3.63, 3.8) is 0 Å². The number of aryl methyl sites for hydroxylation is 1. The molecule has 6 atom stereocenters. The van der Waals surface area contributed by atoms with Gasteiger partial charge in [0.1, 0.15) is 11.7 Å². The number of carbonyl (C=O) groups excluding carboxylic acids is 5. The molecule has 2 fully saturated rings. The highest BCUT2D eigenvalue weighted by atomic mass is 16.3. The molecular formula is C32H36N6O6. The molecular weight excluding hydrogens is 564 g/mol. The number of phenolic OH excluding ortho intramolecular Hbond substituents is 1. The van der Waals surface area contributed by atoms with Crippen molar-refractivity contribution in [2.24, 2.45) is 34.5 Å². The van der Waals surface area contributed by atoms with Gasteiger partial charge in [0.2, 0.25) is 5.91 Å². The number of amides is 1. The van der Waals surface area contributed by atoms with E-state index < -0.39 is 69.8 Å². The second kappa shape index (κ2) is 10.1. The Labute approximate surface area is 254 Å². The van der Waals surface area contributed by atoms with Gasteiger partial charge in [-0.05, 0) is 73.8 Å². The highest BCUT2D eigenvalue weighted by molar-refractivity contribution is 6.33. The number of hydrogen-bond acceptors (Lipinski definition) is 11. The lowest BCUT2D eigenvalue weighted by Gasteiger charge is -2.60. The quantitative estimate of drug-likeness (QED) is 0.338. The maximum atomic E-state index is 14.6. The molecule has 44 heavy (non-hydrogen) atoms. The van der Waals surface area contributed by atoms with Crippen molar-refractivity contribution in [3.05, 3.63) is 47.0 Å². The molecule has 12 heteroatoms. The van der Waals surface area contributed by atoms with Gasteiger partial charge in [-0.15, -0.1) is 0 Å². The number of carbonyl (C=O) groups is 5. The Morgan fingerprint density at radius 3 is 2.18 bits per heavy atom.